The van der Waals surface area contributed by atoms with Crippen LogP contribution in [0.25, 0.3) is 5.65 Å². The van der Waals surface area contributed by atoms with Crippen LogP contribution in [0.4, 0.5) is 5.82 Å². The Morgan fingerprint density at radius 3 is 3.25 bits per heavy atom. The molecule has 86 valence electrons. The maximum Gasteiger partial charge on any atom is 0.199 e. The van der Waals surface area contributed by atoms with Gasteiger partial charge in [0.1, 0.15) is 5.82 Å². The quantitative estimate of drug-likeness (QED) is 0.711. The molecular formula is C9H14N6O. The fourth-order valence-corrected chi connectivity index (χ4v) is 1.33. The molecular weight excluding hydrogens is 208 g/mol. The predicted molar refractivity (Wildman–Crippen MR) is 58.2 cm³/mol. The van der Waals surface area contributed by atoms with Crippen LogP contribution in [0.15, 0.2) is 12.4 Å². The first kappa shape index (κ1) is 10.7. The van der Waals surface area contributed by atoms with Gasteiger partial charge in [0.2, 0.25) is 0 Å². The first-order valence-electron chi connectivity index (χ1n) is 5.25. The number of nitrogens with zero attached hydrogens (tertiary/aromatic N) is 5. The summed E-state index contributed by atoms with van der Waals surface area (Å²) in [4.78, 5) is 4.04. The molecule has 0 aliphatic rings. The van der Waals surface area contributed by atoms with Crippen LogP contribution < -0.4 is 5.32 Å². The summed E-state index contributed by atoms with van der Waals surface area (Å²) in [6.45, 7) is 4.30. The van der Waals surface area contributed by atoms with Crippen LogP contribution >= 0.6 is 0 Å². The van der Waals surface area contributed by atoms with Crippen LogP contribution in [-0.4, -0.2) is 44.8 Å². The Hall–Kier alpha value is -1.76. The van der Waals surface area contributed by atoms with E-state index in [4.69, 9.17) is 4.74 Å². The summed E-state index contributed by atoms with van der Waals surface area (Å²) in [6, 6.07) is 0. The zero-order chi connectivity index (χ0) is 11.2. The summed E-state index contributed by atoms with van der Waals surface area (Å²) in [6.07, 6.45) is 4.25. The van der Waals surface area contributed by atoms with Gasteiger partial charge in [-0.1, -0.05) is 0 Å². The van der Waals surface area contributed by atoms with E-state index >= 15 is 0 Å². The van der Waals surface area contributed by atoms with Gasteiger partial charge in [-0.25, -0.2) is 0 Å². The molecule has 0 fully saturated rings. The van der Waals surface area contributed by atoms with Crippen LogP contribution in [0, 0.1) is 0 Å². The molecule has 0 saturated carbocycles. The molecule has 0 saturated heterocycles. The van der Waals surface area contributed by atoms with Crippen molar-refractivity contribution in [2.45, 2.75) is 13.3 Å². The predicted octanol–water partition coefficient (Wildman–Crippen LogP) is 0.358. The Balaban J connectivity index is 1.91. The highest BCUT2D eigenvalue weighted by molar-refractivity contribution is 5.43. The Kier molecular flexibility index (Phi) is 3.60. The van der Waals surface area contributed by atoms with E-state index in [-0.39, 0.29) is 0 Å². The molecule has 0 unspecified atom stereocenters. The number of hydrogen-bond acceptors (Lipinski definition) is 6. The number of anilines is 1. The van der Waals surface area contributed by atoms with Crippen molar-refractivity contribution in [2.75, 3.05) is 25.1 Å². The van der Waals surface area contributed by atoms with Crippen LogP contribution in [0.2, 0.25) is 0 Å². The van der Waals surface area contributed by atoms with Crippen molar-refractivity contribution in [1.29, 1.82) is 0 Å². The lowest BCUT2D eigenvalue weighted by atomic mass is 10.4. The topological polar surface area (TPSA) is 77.2 Å². The SMILES string of the molecule is CCOCCCNc1cncc2nnnn12. The molecule has 0 radical (unpaired) electrons. The summed E-state index contributed by atoms with van der Waals surface area (Å²) in [7, 11) is 0. The van der Waals surface area contributed by atoms with Crippen molar-refractivity contribution in [2.24, 2.45) is 0 Å². The minimum Gasteiger partial charge on any atom is -0.382 e. The Morgan fingerprint density at radius 2 is 2.38 bits per heavy atom. The minimum atomic E-state index is 0.634. The van der Waals surface area contributed by atoms with E-state index in [1.54, 1.807) is 16.9 Å². The second-order valence-corrected chi connectivity index (χ2v) is 3.22. The van der Waals surface area contributed by atoms with Gasteiger partial charge in [-0.15, -0.1) is 5.10 Å². The normalized spacial score (nSPS) is 10.8. The van der Waals surface area contributed by atoms with Gasteiger partial charge in [-0.3, -0.25) is 4.98 Å². The second-order valence-electron chi connectivity index (χ2n) is 3.22. The molecule has 0 amide bonds. The Labute approximate surface area is 92.8 Å². The summed E-state index contributed by atoms with van der Waals surface area (Å²) in [5.74, 6) is 0.791. The molecule has 7 heteroatoms. The van der Waals surface area contributed by atoms with E-state index in [0.29, 0.717) is 5.65 Å². The molecule has 0 bridgehead atoms. The van der Waals surface area contributed by atoms with Crippen molar-refractivity contribution >= 4 is 11.5 Å². The molecule has 16 heavy (non-hydrogen) atoms. The highest BCUT2D eigenvalue weighted by atomic mass is 16.5. The van der Waals surface area contributed by atoms with Crippen LogP contribution in [-0.2, 0) is 4.74 Å². The number of rotatable bonds is 6. The van der Waals surface area contributed by atoms with Crippen molar-refractivity contribution in [1.82, 2.24) is 25.0 Å². The van der Waals surface area contributed by atoms with Crippen molar-refractivity contribution in [3.8, 4) is 0 Å². The van der Waals surface area contributed by atoms with E-state index < -0.39 is 0 Å². The van der Waals surface area contributed by atoms with Crippen LogP contribution in [0.5, 0.6) is 0 Å². The molecule has 0 aromatic carbocycles. The maximum absolute atomic E-state index is 5.24. The smallest absolute Gasteiger partial charge is 0.199 e. The van der Waals surface area contributed by atoms with Gasteiger partial charge in [0.15, 0.2) is 5.65 Å². The van der Waals surface area contributed by atoms with E-state index in [1.165, 1.54) is 0 Å². The van der Waals surface area contributed by atoms with Gasteiger partial charge in [0.05, 0.1) is 12.4 Å². The number of tetrazole rings is 1. The average molecular weight is 222 g/mol. The second kappa shape index (κ2) is 5.36. The molecule has 2 aromatic heterocycles. The highest BCUT2D eigenvalue weighted by Crippen LogP contribution is 2.05. The van der Waals surface area contributed by atoms with Gasteiger partial charge < -0.3 is 10.1 Å². The largest absolute Gasteiger partial charge is 0.382 e. The lowest BCUT2D eigenvalue weighted by Gasteiger charge is -2.06. The Morgan fingerprint density at radius 1 is 1.44 bits per heavy atom. The third-order valence-electron chi connectivity index (χ3n) is 2.08. The molecule has 2 rings (SSSR count). The number of aromatic nitrogens is 5. The molecule has 7 nitrogen and oxygen atoms in total. The number of ether oxygens (including phenoxy) is 1. The van der Waals surface area contributed by atoms with E-state index in [9.17, 15) is 0 Å². The maximum atomic E-state index is 5.24. The van der Waals surface area contributed by atoms with E-state index in [1.807, 2.05) is 6.92 Å². The number of hydrogen-bond donors (Lipinski definition) is 1. The van der Waals surface area contributed by atoms with E-state index in [2.05, 4.69) is 25.8 Å². The monoisotopic (exact) mass is 222 g/mol. The molecule has 0 aliphatic heterocycles. The van der Waals surface area contributed by atoms with Gasteiger partial charge in [-0.05, 0) is 23.8 Å². The van der Waals surface area contributed by atoms with Gasteiger partial charge in [-0.2, -0.15) is 4.52 Å². The zero-order valence-corrected chi connectivity index (χ0v) is 9.13. The molecule has 0 spiro atoms. The van der Waals surface area contributed by atoms with Gasteiger partial charge >= 0.3 is 0 Å². The van der Waals surface area contributed by atoms with Crippen molar-refractivity contribution in [3.05, 3.63) is 12.4 Å². The third kappa shape index (κ3) is 2.43. The van der Waals surface area contributed by atoms with Crippen molar-refractivity contribution < 1.29 is 4.74 Å². The zero-order valence-electron chi connectivity index (χ0n) is 9.13. The summed E-state index contributed by atoms with van der Waals surface area (Å²) in [5.41, 5.74) is 0.634. The third-order valence-corrected chi connectivity index (χ3v) is 2.08. The lowest BCUT2D eigenvalue weighted by molar-refractivity contribution is 0.147. The number of nitrogens with one attached hydrogen (secondary N) is 1. The van der Waals surface area contributed by atoms with Crippen molar-refractivity contribution in [3.63, 3.8) is 0 Å². The van der Waals surface area contributed by atoms with Gasteiger partial charge in [0, 0.05) is 19.8 Å². The first-order chi connectivity index (χ1) is 7.92. The average Bonchev–Trinajstić information content (AvgIpc) is 2.77. The van der Waals surface area contributed by atoms with E-state index in [0.717, 1.165) is 32.0 Å². The summed E-state index contributed by atoms with van der Waals surface area (Å²) < 4.78 is 6.86. The molecule has 2 heterocycles. The Bertz CT molecular complexity index is 442. The lowest BCUT2D eigenvalue weighted by Crippen LogP contribution is -2.09. The highest BCUT2D eigenvalue weighted by Gasteiger charge is 2.02. The summed E-state index contributed by atoms with van der Waals surface area (Å²) in [5, 5.41) is 14.5. The standard InChI is InChI=1S/C9H14N6O/c1-2-16-5-3-4-11-8-6-10-7-9-12-13-14-15(8)9/h6-7,11H,2-5H2,1H3. The summed E-state index contributed by atoms with van der Waals surface area (Å²) >= 11 is 0. The molecule has 2 aromatic rings. The van der Waals surface area contributed by atoms with Gasteiger partial charge in [0.25, 0.3) is 0 Å². The molecule has 0 atom stereocenters. The van der Waals surface area contributed by atoms with Crippen LogP contribution in [0.3, 0.4) is 0 Å². The van der Waals surface area contributed by atoms with Crippen LogP contribution in [0.1, 0.15) is 13.3 Å². The first-order valence-corrected chi connectivity index (χ1v) is 5.25. The fraction of sp³-hybridized carbons (Fsp3) is 0.556. The minimum absolute atomic E-state index is 0.634. The molecule has 0 aliphatic carbocycles. The number of fused-ring (bicyclic) bond motifs is 1. The molecule has 1 N–H and O–H groups in total. The fourth-order valence-electron chi connectivity index (χ4n) is 1.33.